The standard InChI is InChI=1S/C18H24N4O/c1-11(2)10-13-15(18(13,4)5)17(23)19-12(3)16-21-20-14-8-6-7-9-22(14)16/h6-10,12-13,15H,1-5H3,(H,19,23). The summed E-state index contributed by atoms with van der Waals surface area (Å²) in [5.74, 6) is 1.19. The van der Waals surface area contributed by atoms with Gasteiger partial charge in [-0.25, -0.2) is 0 Å². The van der Waals surface area contributed by atoms with Crippen molar-refractivity contribution in [2.45, 2.75) is 40.7 Å². The molecular formula is C18H24N4O. The maximum absolute atomic E-state index is 12.7. The largest absolute Gasteiger partial charge is 0.346 e. The third-order valence-corrected chi connectivity index (χ3v) is 4.79. The number of carbonyl (C=O) groups excluding carboxylic acids is 1. The Bertz CT molecular complexity index is 770. The summed E-state index contributed by atoms with van der Waals surface area (Å²) in [5, 5.41) is 11.5. The molecule has 5 nitrogen and oxygen atoms in total. The van der Waals surface area contributed by atoms with Crippen molar-refractivity contribution in [3.63, 3.8) is 0 Å². The summed E-state index contributed by atoms with van der Waals surface area (Å²) in [4.78, 5) is 12.7. The van der Waals surface area contributed by atoms with Gasteiger partial charge in [0.25, 0.3) is 0 Å². The first kappa shape index (κ1) is 15.7. The number of carbonyl (C=O) groups is 1. The highest BCUT2D eigenvalue weighted by Gasteiger charge is 2.60. The maximum Gasteiger partial charge on any atom is 0.224 e. The van der Waals surface area contributed by atoms with E-state index in [1.165, 1.54) is 5.57 Å². The molecule has 3 atom stereocenters. The van der Waals surface area contributed by atoms with Crippen molar-refractivity contribution >= 4 is 11.6 Å². The molecule has 1 N–H and O–H groups in total. The molecule has 3 rings (SSSR count). The van der Waals surface area contributed by atoms with E-state index in [1.54, 1.807) is 0 Å². The minimum Gasteiger partial charge on any atom is -0.346 e. The summed E-state index contributed by atoms with van der Waals surface area (Å²) >= 11 is 0. The van der Waals surface area contributed by atoms with Crippen molar-refractivity contribution in [3.8, 4) is 0 Å². The van der Waals surface area contributed by atoms with Gasteiger partial charge in [-0.05, 0) is 44.2 Å². The molecule has 3 unspecified atom stereocenters. The van der Waals surface area contributed by atoms with Crippen LogP contribution in [0.25, 0.3) is 5.65 Å². The van der Waals surface area contributed by atoms with Gasteiger partial charge < -0.3 is 5.32 Å². The van der Waals surface area contributed by atoms with Gasteiger partial charge in [-0.1, -0.05) is 31.6 Å². The van der Waals surface area contributed by atoms with Gasteiger partial charge in [-0.2, -0.15) is 0 Å². The maximum atomic E-state index is 12.7. The van der Waals surface area contributed by atoms with Gasteiger partial charge in [-0.15, -0.1) is 10.2 Å². The molecule has 0 radical (unpaired) electrons. The number of hydrogen-bond donors (Lipinski definition) is 1. The first-order valence-corrected chi connectivity index (χ1v) is 8.07. The van der Waals surface area contributed by atoms with Gasteiger partial charge in [0.2, 0.25) is 5.91 Å². The van der Waals surface area contributed by atoms with Crippen LogP contribution < -0.4 is 5.32 Å². The summed E-state index contributed by atoms with van der Waals surface area (Å²) in [6.45, 7) is 10.4. The van der Waals surface area contributed by atoms with Gasteiger partial charge >= 0.3 is 0 Å². The van der Waals surface area contributed by atoms with Crippen LogP contribution in [0.4, 0.5) is 0 Å². The molecule has 122 valence electrons. The molecule has 0 aromatic carbocycles. The lowest BCUT2D eigenvalue weighted by Gasteiger charge is -2.13. The zero-order valence-electron chi connectivity index (χ0n) is 14.4. The molecule has 0 aliphatic heterocycles. The fourth-order valence-electron chi connectivity index (χ4n) is 3.37. The Balaban J connectivity index is 1.75. The molecule has 5 heteroatoms. The number of nitrogens with zero attached hydrogens (tertiary/aromatic N) is 3. The molecule has 1 amide bonds. The molecule has 1 aliphatic rings. The average molecular weight is 312 g/mol. The van der Waals surface area contributed by atoms with Crippen LogP contribution in [0.1, 0.15) is 46.5 Å². The Morgan fingerprint density at radius 2 is 2.09 bits per heavy atom. The molecular weight excluding hydrogens is 288 g/mol. The zero-order valence-corrected chi connectivity index (χ0v) is 14.4. The number of nitrogens with one attached hydrogen (secondary N) is 1. The smallest absolute Gasteiger partial charge is 0.224 e. The van der Waals surface area contributed by atoms with Crippen LogP contribution in [-0.4, -0.2) is 20.5 Å². The lowest BCUT2D eigenvalue weighted by molar-refractivity contribution is -0.123. The number of pyridine rings is 1. The number of fused-ring (bicyclic) bond motifs is 1. The Kier molecular flexibility index (Phi) is 3.74. The van der Waals surface area contributed by atoms with E-state index >= 15 is 0 Å². The Hall–Kier alpha value is -2.17. The van der Waals surface area contributed by atoms with E-state index < -0.39 is 0 Å². The van der Waals surface area contributed by atoms with E-state index in [4.69, 9.17) is 0 Å². The Morgan fingerprint density at radius 3 is 2.78 bits per heavy atom. The van der Waals surface area contributed by atoms with Crippen molar-refractivity contribution < 1.29 is 4.79 Å². The van der Waals surface area contributed by atoms with Crippen molar-refractivity contribution in [2.24, 2.45) is 17.3 Å². The van der Waals surface area contributed by atoms with Crippen molar-refractivity contribution in [1.82, 2.24) is 19.9 Å². The molecule has 0 spiro atoms. The quantitative estimate of drug-likeness (QED) is 0.882. The molecule has 2 aromatic heterocycles. The summed E-state index contributed by atoms with van der Waals surface area (Å²) in [5.41, 5.74) is 2.07. The summed E-state index contributed by atoms with van der Waals surface area (Å²) in [7, 11) is 0. The van der Waals surface area contributed by atoms with E-state index in [2.05, 4.69) is 49.3 Å². The van der Waals surface area contributed by atoms with E-state index in [1.807, 2.05) is 35.7 Å². The van der Waals surface area contributed by atoms with E-state index in [0.29, 0.717) is 5.92 Å². The van der Waals surface area contributed by atoms with Crippen LogP contribution in [0, 0.1) is 17.3 Å². The molecule has 23 heavy (non-hydrogen) atoms. The summed E-state index contributed by atoms with van der Waals surface area (Å²) in [6, 6.07) is 5.58. The predicted octanol–water partition coefficient (Wildman–Crippen LogP) is 3.14. The van der Waals surface area contributed by atoms with Crippen LogP contribution in [-0.2, 0) is 4.79 Å². The number of aromatic nitrogens is 3. The van der Waals surface area contributed by atoms with Crippen LogP contribution in [0.15, 0.2) is 36.0 Å². The molecule has 1 fully saturated rings. The minimum atomic E-state index is -0.177. The number of hydrogen-bond acceptors (Lipinski definition) is 3. The second kappa shape index (κ2) is 5.48. The molecule has 0 saturated heterocycles. The number of amides is 1. The van der Waals surface area contributed by atoms with E-state index in [-0.39, 0.29) is 23.3 Å². The van der Waals surface area contributed by atoms with Crippen LogP contribution in [0.2, 0.25) is 0 Å². The van der Waals surface area contributed by atoms with Crippen molar-refractivity contribution in [3.05, 3.63) is 41.9 Å². The normalized spacial score (nSPS) is 23.3. The number of rotatable bonds is 4. The highest BCUT2D eigenvalue weighted by Crippen LogP contribution is 2.59. The number of allylic oxidation sites excluding steroid dienone is 2. The minimum absolute atomic E-state index is 0.0218. The third kappa shape index (κ3) is 2.76. The average Bonchev–Trinajstić information content (AvgIpc) is 2.84. The zero-order chi connectivity index (χ0) is 16.8. The summed E-state index contributed by atoms with van der Waals surface area (Å²) in [6.07, 6.45) is 4.13. The van der Waals surface area contributed by atoms with Gasteiger partial charge in [0.15, 0.2) is 11.5 Å². The molecule has 2 aromatic rings. The van der Waals surface area contributed by atoms with E-state index in [9.17, 15) is 4.79 Å². The van der Waals surface area contributed by atoms with Gasteiger partial charge in [-0.3, -0.25) is 9.20 Å². The van der Waals surface area contributed by atoms with Gasteiger partial charge in [0, 0.05) is 6.20 Å². The Labute approximate surface area is 136 Å². The van der Waals surface area contributed by atoms with Crippen molar-refractivity contribution in [1.29, 1.82) is 0 Å². The monoisotopic (exact) mass is 312 g/mol. The van der Waals surface area contributed by atoms with Crippen LogP contribution in [0.3, 0.4) is 0 Å². The Morgan fingerprint density at radius 1 is 1.35 bits per heavy atom. The highest BCUT2D eigenvalue weighted by atomic mass is 16.2. The molecule has 0 bridgehead atoms. The highest BCUT2D eigenvalue weighted by molar-refractivity contribution is 5.84. The molecule has 2 heterocycles. The third-order valence-electron chi connectivity index (χ3n) is 4.79. The fraction of sp³-hybridized carbons (Fsp3) is 0.500. The lowest BCUT2D eigenvalue weighted by atomic mass is 10.1. The topological polar surface area (TPSA) is 59.3 Å². The van der Waals surface area contributed by atoms with Gasteiger partial charge in [0.05, 0.1) is 12.0 Å². The first-order chi connectivity index (χ1) is 10.8. The molecule has 1 aliphatic carbocycles. The fourth-order valence-corrected chi connectivity index (χ4v) is 3.37. The van der Waals surface area contributed by atoms with E-state index in [0.717, 1.165) is 11.5 Å². The molecule has 1 saturated carbocycles. The van der Waals surface area contributed by atoms with Crippen LogP contribution in [0.5, 0.6) is 0 Å². The van der Waals surface area contributed by atoms with Crippen molar-refractivity contribution in [2.75, 3.05) is 0 Å². The first-order valence-electron chi connectivity index (χ1n) is 8.07. The lowest BCUT2D eigenvalue weighted by Crippen LogP contribution is -2.30. The second-order valence-electron chi connectivity index (χ2n) is 7.29. The van der Waals surface area contributed by atoms with Crippen LogP contribution >= 0.6 is 0 Å². The summed E-state index contributed by atoms with van der Waals surface area (Å²) < 4.78 is 1.91. The van der Waals surface area contributed by atoms with Gasteiger partial charge in [0.1, 0.15) is 0 Å². The SMILES string of the molecule is CC(C)=CC1C(C(=O)NC(C)c2nnc3ccccn23)C1(C)C. The predicted molar refractivity (Wildman–Crippen MR) is 89.7 cm³/mol. The second-order valence-corrected chi connectivity index (χ2v) is 7.29.